The van der Waals surface area contributed by atoms with E-state index in [-0.39, 0.29) is 23.6 Å². The molecule has 1 aromatic heterocycles. The van der Waals surface area contributed by atoms with Gasteiger partial charge in [0.15, 0.2) is 0 Å². The maximum absolute atomic E-state index is 13.1. The van der Waals surface area contributed by atoms with Crippen LogP contribution in [0.5, 0.6) is 11.5 Å². The number of hydrogen-bond donors (Lipinski definition) is 2. The van der Waals surface area contributed by atoms with Gasteiger partial charge in [0.25, 0.3) is 11.7 Å². The Kier molecular flexibility index (Phi) is 5.64. The number of ketones is 1. The number of rotatable bonds is 5. The van der Waals surface area contributed by atoms with Crippen molar-refractivity contribution in [3.8, 4) is 11.5 Å². The van der Waals surface area contributed by atoms with Gasteiger partial charge in [0.05, 0.1) is 18.7 Å². The van der Waals surface area contributed by atoms with Gasteiger partial charge in [0.1, 0.15) is 17.3 Å². The van der Waals surface area contributed by atoms with E-state index in [9.17, 15) is 19.8 Å². The number of amides is 1. The molecule has 0 aliphatic carbocycles. The maximum Gasteiger partial charge on any atom is 0.295 e. The molecular weight excluding hydrogens is 408 g/mol. The molecule has 7 nitrogen and oxygen atoms in total. The Bertz CT molecular complexity index is 1200. The summed E-state index contributed by atoms with van der Waals surface area (Å²) < 4.78 is 5.27. The van der Waals surface area contributed by atoms with Crippen molar-refractivity contribution in [3.63, 3.8) is 0 Å². The van der Waals surface area contributed by atoms with Crippen molar-refractivity contribution in [1.29, 1.82) is 0 Å². The molecular formula is C25H22N2O5. The number of aromatic nitrogens is 1. The van der Waals surface area contributed by atoms with Crippen molar-refractivity contribution in [2.24, 2.45) is 0 Å². The van der Waals surface area contributed by atoms with Crippen molar-refractivity contribution in [3.05, 3.63) is 94.8 Å². The predicted octanol–water partition coefficient (Wildman–Crippen LogP) is 3.73. The van der Waals surface area contributed by atoms with Gasteiger partial charge in [0.2, 0.25) is 0 Å². The van der Waals surface area contributed by atoms with E-state index >= 15 is 0 Å². The number of aliphatic hydroxyl groups is 1. The number of hydrogen-bond acceptors (Lipinski definition) is 6. The molecule has 1 atom stereocenters. The number of aryl methyl sites for hydroxylation is 1. The zero-order valence-electron chi connectivity index (χ0n) is 17.6. The number of aromatic hydroxyl groups is 1. The normalized spacial score (nSPS) is 17.6. The van der Waals surface area contributed by atoms with Crippen LogP contribution in [0.3, 0.4) is 0 Å². The van der Waals surface area contributed by atoms with Crippen molar-refractivity contribution in [1.82, 2.24) is 9.88 Å². The number of phenolic OH excluding ortho intramolecular Hbond substituents is 1. The van der Waals surface area contributed by atoms with Crippen molar-refractivity contribution < 1.29 is 24.5 Å². The van der Waals surface area contributed by atoms with Gasteiger partial charge in [-0.2, -0.15) is 0 Å². The van der Waals surface area contributed by atoms with E-state index in [0.29, 0.717) is 16.9 Å². The monoisotopic (exact) mass is 430 g/mol. The van der Waals surface area contributed by atoms with E-state index in [1.165, 1.54) is 17.0 Å². The number of carbonyl (C=O) groups is 2. The van der Waals surface area contributed by atoms with Gasteiger partial charge in [0, 0.05) is 24.5 Å². The lowest BCUT2D eigenvalue weighted by Crippen LogP contribution is -2.29. The van der Waals surface area contributed by atoms with Gasteiger partial charge in [-0.15, -0.1) is 0 Å². The molecule has 0 spiro atoms. The van der Waals surface area contributed by atoms with Crippen molar-refractivity contribution in [2.75, 3.05) is 7.11 Å². The number of likely N-dealkylation sites (tertiary alicyclic amines) is 1. The Morgan fingerprint density at radius 3 is 2.50 bits per heavy atom. The van der Waals surface area contributed by atoms with Crippen LogP contribution in [0, 0.1) is 6.92 Å². The minimum absolute atomic E-state index is 0.00542. The van der Waals surface area contributed by atoms with Crippen molar-refractivity contribution in [2.45, 2.75) is 19.5 Å². The first-order valence-electron chi connectivity index (χ1n) is 10.0. The molecule has 1 aliphatic heterocycles. The molecule has 32 heavy (non-hydrogen) atoms. The number of methoxy groups -OCH3 is 1. The molecule has 1 amide bonds. The largest absolute Gasteiger partial charge is 0.508 e. The zero-order valence-corrected chi connectivity index (χ0v) is 17.6. The number of carbonyl (C=O) groups excluding carboxylic acids is 2. The third-order valence-electron chi connectivity index (χ3n) is 5.49. The number of ether oxygens (including phenoxy) is 1. The van der Waals surface area contributed by atoms with Crippen LogP contribution in [0.4, 0.5) is 0 Å². The summed E-state index contributed by atoms with van der Waals surface area (Å²) in [6.45, 7) is 1.97. The topological polar surface area (TPSA) is 100.0 Å². The quantitative estimate of drug-likeness (QED) is 0.364. The van der Waals surface area contributed by atoms with Gasteiger partial charge >= 0.3 is 0 Å². The van der Waals surface area contributed by atoms with Gasteiger partial charge < -0.3 is 19.8 Å². The average molecular weight is 430 g/mol. The van der Waals surface area contributed by atoms with E-state index in [0.717, 1.165) is 11.1 Å². The minimum Gasteiger partial charge on any atom is -0.508 e. The van der Waals surface area contributed by atoms with E-state index < -0.39 is 17.7 Å². The first-order chi connectivity index (χ1) is 15.4. The Labute approximate surface area is 185 Å². The second kappa shape index (κ2) is 8.55. The van der Waals surface area contributed by atoms with Crippen LogP contribution < -0.4 is 4.74 Å². The molecule has 7 heteroatoms. The Balaban J connectivity index is 1.86. The highest BCUT2D eigenvalue weighted by Crippen LogP contribution is 2.41. The van der Waals surface area contributed by atoms with E-state index in [2.05, 4.69) is 4.98 Å². The Morgan fingerprint density at radius 1 is 1.12 bits per heavy atom. The molecule has 0 bridgehead atoms. The fourth-order valence-corrected chi connectivity index (χ4v) is 3.92. The molecule has 1 saturated heterocycles. The van der Waals surface area contributed by atoms with Crippen LogP contribution in [-0.2, 0) is 16.1 Å². The standard InChI is InChI=1S/C25H22N2O5/c1-15-12-18(7-10-20(15)32-2)23(29)21-22(17-5-8-19(28)9-6-17)27(25(31)24(21)30)14-16-4-3-11-26-13-16/h3-13,22,28-29H,14H2,1-2H3/b23-21-. The fourth-order valence-electron chi connectivity index (χ4n) is 3.92. The fraction of sp³-hybridized carbons (Fsp3) is 0.160. The lowest BCUT2D eigenvalue weighted by atomic mass is 9.94. The number of phenols is 1. The highest BCUT2D eigenvalue weighted by molar-refractivity contribution is 6.46. The molecule has 2 aromatic carbocycles. The van der Waals surface area contributed by atoms with Gasteiger partial charge in [-0.3, -0.25) is 14.6 Å². The van der Waals surface area contributed by atoms with E-state index in [1.54, 1.807) is 55.9 Å². The summed E-state index contributed by atoms with van der Waals surface area (Å²) in [7, 11) is 1.55. The summed E-state index contributed by atoms with van der Waals surface area (Å²) in [5.41, 5.74) is 2.53. The van der Waals surface area contributed by atoms with Gasteiger partial charge in [-0.05, 0) is 60.0 Å². The molecule has 0 radical (unpaired) electrons. The summed E-state index contributed by atoms with van der Waals surface area (Å²) in [4.78, 5) is 31.6. The smallest absolute Gasteiger partial charge is 0.295 e. The number of benzene rings is 2. The minimum atomic E-state index is -0.821. The third kappa shape index (κ3) is 3.80. The SMILES string of the molecule is COc1ccc(/C(O)=C2/C(=O)C(=O)N(Cc3cccnc3)C2c2ccc(O)cc2)cc1C. The second-order valence-electron chi connectivity index (χ2n) is 7.56. The van der Waals surface area contributed by atoms with Crippen LogP contribution >= 0.6 is 0 Å². The lowest BCUT2D eigenvalue weighted by Gasteiger charge is -2.25. The summed E-state index contributed by atoms with van der Waals surface area (Å²) in [5, 5.41) is 20.9. The Hall–Kier alpha value is -4.13. The highest BCUT2D eigenvalue weighted by atomic mass is 16.5. The summed E-state index contributed by atoms with van der Waals surface area (Å²) in [6.07, 6.45) is 3.25. The molecule has 1 aliphatic rings. The number of pyridine rings is 1. The van der Waals surface area contributed by atoms with Crippen molar-refractivity contribution >= 4 is 17.4 Å². The van der Waals surface area contributed by atoms with Crippen LogP contribution in [0.2, 0.25) is 0 Å². The first kappa shape index (κ1) is 21.1. The van der Waals surface area contributed by atoms with Gasteiger partial charge in [-0.25, -0.2) is 0 Å². The molecule has 0 saturated carbocycles. The molecule has 1 fully saturated rings. The molecule has 2 heterocycles. The van der Waals surface area contributed by atoms with Crippen LogP contribution in [0.1, 0.15) is 28.3 Å². The van der Waals surface area contributed by atoms with E-state index in [1.807, 2.05) is 13.0 Å². The first-order valence-corrected chi connectivity index (χ1v) is 10.0. The van der Waals surface area contributed by atoms with E-state index in [4.69, 9.17) is 4.74 Å². The van der Waals surface area contributed by atoms with Gasteiger partial charge in [-0.1, -0.05) is 18.2 Å². The number of nitrogens with zero attached hydrogens (tertiary/aromatic N) is 2. The lowest BCUT2D eigenvalue weighted by molar-refractivity contribution is -0.140. The van der Waals surface area contributed by atoms with Crippen LogP contribution in [0.25, 0.3) is 5.76 Å². The second-order valence-corrected chi connectivity index (χ2v) is 7.56. The molecule has 2 N–H and O–H groups in total. The maximum atomic E-state index is 13.1. The number of Topliss-reactive ketones (excluding diaryl/α,β-unsaturated/α-hetero) is 1. The molecule has 1 unspecified atom stereocenters. The van der Waals surface area contributed by atoms with Crippen LogP contribution in [-0.4, -0.2) is 38.9 Å². The summed E-state index contributed by atoms with van der Waals surface area (Å²) >= 11 is 0. The molecule has 162 valence electrons. The molecule has 3 aromatic rings. The molecule has 4 rings (SSSR count). The predicted molar refractivity (Wildman–Crippen MR) is 118 cm³/mol. The summed E-state index contributed by atoms with van der Waals surface area (Å²) in [6, 6.07) is 14.0. The Morgan fingerprint density at radius 2 is 1.88 bits per heavy atom. The van der Waals surface area contributed by atoms with Crippen LogP contribution in [0.15, 0.2) is 72.6 Å². The summed E-state index contributed by atoms with van der Waals surface area (Å²) in [5.74, 6) is -1.03. The highest BCUT2D eigenvalue weighted by Gasteiger charge is 2.46. The average Bonchev–Trinajstić information content (AvgIpc) is 3.04. The number of aliphatic hydroxyl groups excluding tert-OH is 1. The third-order valence-corrected chi connectivity index (χ3v) is 5.49. The zero-order chi connectivity index (χ0) is 22.8.